The van der Waals surface area contributed by atoms with Gasteiger partial charge in [0.15, 0.2) is 8.07 Å². The van der Waals surface area contributed by atoms with Gasteiger partial charge < -0.3 is 9.80 Å². The lowest BCUT2D eigenvalue weighted by Gasteiger charge is -2.49. The van der Waals surface area contributed by atoms with Crippen molar-refractivity contribution < 1.29 is 0 Å². The number of aromatic nitrogens is 1. The molecular weight excluding hydrogens is 726 g/mol. The van der Waals surface area contributed by atoms with Crippen molar-refractivity contribution in [3.8, 4) is 0 Å². The molecule has 0 unspecified atom stereocenters. The minimum absolute atomic E-state index is 0.0474. The van der Waals surface area contributed by atoms with E-state index in [0.717, 1.165) is 22.3 Å². The van der Waals surface area contributed by atoms with Gasteiger partial charge in [-0.3, -0.25) is 4.98 Å². The van der Waals surface area contributed by atoms with E-state index in [1.165, 1.54) is 69.7 Å². The van der Waals surface area contributed by atoms with Crippen LogP contribution in [0.4, 0.5) is 34.1 Å². The molecule has 0 N–H and O–H groups in total. The van der Waals surface area contributed by atoms with Crippen LogP contribution in [0.15, 0.2) is 216 Å². The largest absolute Gasteiger partial charge is 0.310 e. The molecule has 6 heteroatoms. The molecule has 9 aromatic rings. The van der Waals surface area contributed by atoms with Gasteiger partial charge in [0.05, 0.1) is 33.2 Å². The number of para-hydroxylation sites is 4. The third-order valence-corrected chi connectivity index (χ3v) is 18.2. The minimum Gasteiger partial charge on any atom is -0.310 e. The predicted molar refractivity (Wildman–Crippen MR) is 244 cm³/mol. The molecule has 266 valence electrons. The van der Waals surface area contributed by atoms with Gasteiger partial charge in [0.25, 0.3) is 0 Å². The van der Waals surface area contributed by atoms with Crippen LogP contribution >= 0.6 is 11.8 Å². The first-order chi connectivity index (χ1) is 28.3. The van der Waals surface area contributed by atoms with Gasteiger partial charge in [-0.2, -0.15) is 0 Å². The molecule has 3 nitrogen and oxygen atoms in total. The molecule has 0 amide bonds. The number of anilines is 6. The van der Waals surface area contributed by atoms with E-state index in [2.05, 4.69) is 204 Å². The maximum Gasteiger partial charge on any atom is 0.246 e. The Hall–Kier alpha value is -6.60. The second kappa shape index (κ2) is 12.7. The van der Waals surface area contributed by atoms with Gasteiger partial charge in [-0.1, -0.05) is 169 Å². The molecule has 0 saturated heterocycles. The van der Waals surface area contributed by atoms with E-state index in [4.69, 9.17) is 4.98 Å². The van der Waals surface area contributed by atoms with Crippen molar-refractivity contribution in [2.75, 3.05) is 9.80 Å². The summed E-state index contributed by atoms with van der Waals surface area (Å²) in [5.41, 5.74) is 12.2. The zero-order valence-corrected chi connectivity index (χ0v) is 32.8. The summed E-state index contributed by atoms with van der Waals surface area (Å²) in [4.78, 5) is 12.6. The van der Waals surface area contributed by atoms with Gasteiger partial charge in [0.1, 0.15) is 0 Å². The molecule has 57 heavy (non-hydrogen) atoms. The van der Waals surface area contributed by atoms with E-state index >= 15 is 0 Å². The fraction of sp³-hybridized carbons (Fsp3) is 0. The summed E-state index contributed by atoms with van der Waals surface area (Å²) in [5.74, 6) is 0. The highest BCUT2D eigenvalue weighted by Crippen LogP contribution is 2.56. The molecule has 1 aromatic heterocycles. The molecule has 0 saturated carbocycles. The Morgan fingerprint density at radius 2 is 1.09 bits per heavy atom. The molecule has 0 spiro atoms. The number of hydrogen-bond acceptors (Lipinski definition) is 4. The Labute approximate surface area is 338 Å². The lowest BCUT2D eigenvalue weighted by molar-refractivity contribution is 1.15. The summed E-state index contributed by atoms with van der Waals surface area (Å²) in [6.45, 7) is 0.0474. The van der Waals surface area contributed by atoms with Crippen molar-refractivity contribution in [2.45, 2.75) is 9.79 Å². The standard InChI is InChI=1S/C51H34BN3SSi/c1-4-20-36(21-5-1)54-41-28-12-10-26-39(41)52-40-27-11-15-32-46(40)57(37-22-6-2-7-23-37,38-24-8-3-9-25-38)47-34-44-51(50(54)48(47)52)56-45-31-14-13-29-42(45)55(44)43-30-16-18-35-19-17-33-53-49(35)43/h1-34H. The van der Waals surface area contributed by atoms with E-state index in [-0.39, 0.29) is 6.71 Å². The highest BCUT2D eigenvalue weighted by Gasteiger charge is 2.54. The molecule has 3 aliphatic heterocycles. The minimum atomic E-state index is -3.00. The lowest BCUT2D eigenvalue weighted by atomic mass is 9.34. The molecule has 4 heterocycles. The fourth-order valence-electron chi connectivity index (χ4n) is 10.0. The first-order valence-electron chi connectivity index (χ1n) is 19.6. The second-order valence-corrected chi connectivity index (χ2v) is 19.8. The second-order valence-electron chi connectivity index (χ2n) is 15.0. The van der Waals surface area contributed by atoms with Gasteiger partial charge >= 0.3 is 0 Å². The number of nitrogens with zero attached hydrogens (tertiary/aromatic N) is 3. The number of pyridine rings is 1. The highest BCUT2D eigenvalue weighted by molar-refractivity contribution is 8.00. The van der Waals surface area contributed by atoms with E-state index in [1.807, 2.05) is 24.0 Å². The zero-order chi connectivity index (χ0) is 37.5. The monoisotopic (exact) mass is 759 g/mol. The summed E-state index contributed by atoms with van der Waals surface area (Å²) in [7, 11) is -3.00. The first-order valence-corrected chi connectivity index (χ1v) is 22.4. The van der Waals surface area contributed by atoms with E-state index in [9.17, 15) is 0 Å². The van der Waals surface area contributed by atoms with Gasteiger partial charge in [-0.15, -0.1) is 0 Å². The quantitative estimate of drug-likeness (QED) is 0.169. The molecule has 0 aliphatic carbocycles. The molecule has 0 atom stereocenters. The first kappa shape index (κ1) is 32.6. The van der Waals surface area contributed by atoms with Crippen LogP contribution in [0.1, 0.15) is 0 Å². The Morgan fingerprint density at radius 3 is 1.86 bits per heavy atom. The van der Waals surface area contributed by atoms with Crippen molar-refractivity contribution >= 4 is 109 Å². The van der Waals surface area contributed by atoms with Crippen LogP contribution in [0.2, 0.25) is 0 Å². The van der Waals surface area contributed by atoms with Crippen LogP contribution in [0.5, 0.6) is 0 Å². The third kappa shape index (κ3) is 4.60. The third-order valence-electron chi connectivity index (χ3n) is 12.2. The van der Waals surface area contributed by atoms with Crippen LogP contribution in [0, 0.1) is 0 Å². The normalized spacial score (nSPS) is 14.3. The SMILES string of the molecule is c1ccc(N2c3ccccc3B3c4ccccc4[Si](c4ccccc4)(c4ccccc4)c4cc5c(c2c43)Sc2ccccc2N5c2cccc3cccnc23)cc1. The Kier molecular flexibility index (Phi) is 7.28. The topological polar surface area (TPSA) is 19.4 Å². The fourth-order valence-corrected chi connectivity index (χ4v) is 16.5. The van der Waals surface area contributed by atoms with Crippen molar-refractivity contribution in [3.63, 3.8) is 0 Å². The van der Waals surface area contributed by atoms with Crippen LogP contribution in [-0.4, -0.2) is 19.8 Å². The van der Waals surface area contributed by atoms with Gasteiger partial charge in [-0.05, 0) is 80.2 Å². The Balaban J connectivity index is 1.31. The smallest absolute Gasteiger partial charge is 0.246 e. The number of hydrogen-bond donors (Lipinski definition) is 0. The molecule has 8 aromatic carbocycles. The summed E-state index contributed by atoms with van der Waals surface area (Å²) in [5, 5.41) is 6.79. The molecule has 12 rings (SSSR count). The van der Waals surface area contributed by atoms with Gasteiger partial charge in [0, 0.05) is 27.9 Å². The van der Waals surface area contributed by atoms with Crippen molar-refractivity contribution in [1.29, 1.82) is 0 Å². The number of rotatable bonds is 4. The highest BCUT2D eigenvalue weighted by atomic mass is 32.2. The summed E-state index contributed by atoms with van der Waals surface area (Å²) >= 11 is 1.90. The van der Waals surface area contributed by atoms with Crippen LogP contribution in [0.25, 0.3) is 10.9 Å². The van der Waals surface area contributed by atoms with E-state index in [0.29, 0.717) is 0 Å². The molecular formula is C51H34BN3SSi. The molecule has 0 radical (unpaired) electrons. The molecule has 0 fully saturated rings. The Bertz CT molecular complexity index is 2990. The average Bonchev–Trinajstić information content (AvgIpc) is 3.29. The number of fused-ring (bicyclic) bond motifs is 8. The maximum atomic E-state index is 5.05. The van der Waals surface area contributed by atoms with Crippen molar-refractivity contribution in [2.24, 2.45) is 0 Å². The number of benzene rings is 8. The van der Waals surface area contributed by atoms with E-state index in [1.54, 1.807) is 0 Å². The van der Waals surface area contributed by atoms with Gasteiger partial charge in [-0.25, -0.2) is 0 Å². The van der Waals surface area contributed by atoms with Crippen LogP contribution < -0.4 is 46.9 Å². The van der Waals surface area contributed by atoms with Crippen LogP contribution in [-0.2, 0) is 0 Å². The average molecular weight is 760 g/mol. The Morgan fingerprint density at radius 1 is 0.474 bits per heavy atom. The van der Waals surface area contributed by atoms with Crippen LogP contribution in [0.3, 0.4) is 0 Å². The van der Waals surface area contributed by atoms with Crippen molar-refractivity contribution in [3.05, 3.63) is 206 Å². The van der Waals surface area contributed by atoms with Crippen molar-refractivity contribution in [1.82, 2.24) is 4.98 Å². The summed E-state index contributed by atoms with van der Waals surface area (Å²) < 4.78 is 0. The van der Waals surface area contributed by atoms with Gasteiger partial charge in [0.2, 0.25) is 6.71 Å². The lowest BCUT2D eigenvalue weighted by Crippen LogP contribution is -2.87. The predicted octanol–water partition coefficient (Wildman–Crippen LogP) is 8.16. The molecule has 0 bridgehead atoms. The zero-order valence-electron chi connectivity index (χ0n) is 31.0. The van der Waals surface area contributed by atoms with E-state index < -0.39 is 8.07 Å². The molecule has 3 aliphatic rings. The summed E-state index contributed by atoms with van der Waals surface area (Å²) in [6, 6.07) is 74.7. The summed E-state index contributed by atoms with van der Waals surface area (Å²) in [6.07, 6.45) is 1.92. The maximum absolute atomic E-state index is 5.05.